The molecule has 1 radical (unpaired) electrons. The lowest BCUT2D eigenvalue weighted by Crippen LogP contribution is -2.09. The number of hydrogen-bond acceptors (Lipinski definition) is 2. The quantitative estimate of drug-likeness (QED) is 0.430. The van der Waals surface area contributed by atoms with E-state index in [1.807, 2.05) is 30.3 Å². The highest BCUT2D eigenvalue weighted by atomic mass is 27.1. The van der Waals surface area contributed by atoms with E-state index in [2.05, 4.69) is 4.16 Å². The van der Waals surface area contributed by atoms with Crippen LogP contribution < -0.4 is 4.43 Å². The van der Waals surface area contributed by atoms with Crippen LogP contribution in [0.4, 0.5) is 0 Å². The minimum Gasteiger partial charge on any atom is -0.412 e. The fourth-order valence-electron chi connectivity index (χ4n) is 0.600. The molecule has 1 aromatic carbocycles. The third-order valence-corrected chi connectivity index (χ3v) is 1.79. The summed E-state index contributed by atoms with van der Waals surface area (Å²) in [5.41, 5.74) is 0. The van der Waals surface area contributed by atoms with Gasteiger partial charge < -0.3 is 5.48 Å². The summed E-state index contributed by atoms with van der Waals surface area (Å²) in [7, 11) is 0. The highest BCUT2D eigenvalue weighted by Crippen LogP contribution is 1.80. The summed E-state index contributed by atoms with van der Waals surface area (Å²) >= 11 is -0.388. The van der Waals surface area contributed by atoms with Crippen molar-refractivity contribution in [1.82, 2.24) is 0 Å². The molecule has 0 amide bonds. The third kappa shape index (κ3) is 2.74. The lowest BCUT2D eigenvalue weighted by molar-refractivity contribution is 0.824. The maximum absolute atomic E-state index is 9.76. The van der Waals surface area contributed by atoms with Crippen molar-refractivity contribution in [3.63, 3.8) is 0 Å². The first kappa shape index (κ1) is 9.31. The van der Waals surface area contributed by atoms with E-state index >= 15 is 0 Å². The Labute approximate surface area is 65.3 Å². The summed E-state index contributed by atoms with van der Waals surface area (Å²) < 4.78 is 3.89. The lowest BCUT2D eigenvalue weighted by atomic mass is 10.4. The molecule has 0 heterocycles. The van der Waals surface area contributed by atoms with E-state index in [0.717, 1.165) is 4.43 Å². The molecule has 0 spiro atoms. The van der Waals surface area contributed by atoms with Crippen LogP contribution in [0.3, 0.4) is 0 Å². The zero-order valence-electron chi connectivity index (χ0n) is 5.32. The molecule has 0 saturated heterocycles. The molecule has 0 unspecified atom stereocenters. The van der Waals surface area contributed by atoms with Crippen LogP contribution >= 0.6 is 0 Å². The van der Waals surface area contributed by atoms with Crippen LogP contribution in [0.5, 0.6) is 0 Å². The summed E-state index contributed by atoms with van der Waals surface area (Å²) in [5.74, 6) is 0. The van der Waals surface area contributed by atoms with Gasteiger partial charge in [-0.2, -0.15) is 4.91 Å². The summed E-state index contributed by atoms with van der Waals surface area (Å²) in [6.07, 6.45) is 0. The molecule has 0 aliphatic rings. The fraction of sp³-hybridized carbons (Fsp3) is 0. The molecule has 1 aromatic rings. The standard InChI is InChI=1S/C6H5.Al.NO.H2O/c1-2-4-6-5-3-1;;1-2;/h1-5H;;;1H2/q;+1;-1;. The van der Waals surface area contributed by atoms with Crippen molar-refractivity contribution in [2.45, 2.75) is 0 Å². The van der Waals surface area contributed by atoms with E-state index in [4.69, 9.17) is 0 Å². The minimum atomic E-state index is -0.388. The van der Waals surface area contributed by atoms with Gasteiger partial charge in [0.1, 0.15) is 0 Å². The van der Waals surface area contributed by atoms with E-state index in [1.165, 1.54) is 0 Å². The number of rotatable bonds is 2. The van der Waals surface area contributed by atoms with E-state index in [-0.39, 0.29) is 20.9 Å². The Kier molecular flexibility index (Phi) is 4.77. The van der Waals surface area contributed by atoms with E-state index in [0.29, 0.717) is 0 Å². The van der Waals surface area contributed by atoms with Crippen LogP contribution in [0.2, 0.25) is 0 Å². The highest BCUT2D eigenvalue weighted by molar-refractivity contribution is 6.51. The Hall–Kier alpha value is -0.688. The molecule has 0 aliphatic heterocycles. The predicted molar refractivity (Wildman–Crippen MR) is 41.2 cm³/mol. The van der Waals surface area contributed by atoms with E-state index < -0.39 is 0 Å². The number of nitrogens with zero attached hydrogens (tertiary/aromatic N) is 1. The molecule has 0 fully saturated rings. The monoisotopic (exact) mass is 152 g/mol. The molecule has 10 heavy (non-hydrogen) atoms. The van der Waals surface area contributed by atoms with Gasteiger partial charge in [-0.3, -0.25) is 0 Å². The Bertz CT molecular complexity index is 190. The van der Waals surface area contributed by atoms with Gasteiger partial charge in [-0.1, -0.05) is 34.8 Å². The van der Waals surface area contributed by atoms with Gasteiger partial charge in [0.05, 0.1) is 0 Å². The van der Waals surface area contributed by atoms with Gasteiger partial charge in [-0.15, -0.1) is 0 Å². The normalized spacial score (nSPS) is 7.60. The van der Waals surface area contributed by atoms with Crippen molar-refractivity contribution >= 4 is 19.9 Å². The number of benzene rings is 1. The summed E-state index contributed by atoms with van der Waals surface area (Å²) in [6, 6.07) is 9.57. The Morgan fingerprint density at radius 3 is 2.30 bits per heavy atom. The third-order valence-electron chi connectivity index (χ3n) is 1.00. The van der Waals surface area contributed by atoms with E-state index in [1.54, 1.807) is 0 Å². The topological polar surface area (TPSA) is 60.9 Å². The Morgan fingerprint density at radius 1 is 1.20 bits per heavy atom. The minimum absolute atomic E-state index is 0. The van der Waals surface area contributed by atoms with Crippen molar-refractivity contribution in [2.24, 2.45) is 4.16 Å². The molecule has 51 valence electrons. The van der Waals surface area contributed by atoms with Gasteiger partial charge in [0.15, 0.2) is 0 Å². The highest BCUT2D eigenvalue weighted by Gasteiger charge is 1.93. The van der Waals surface area contributed by atoms with Gasteiger partial charge >= 0.3 is 15.4 Å². The molecule has 0 saturated carbocycles. The zero-order chi connectivity index (χ0) is 6.53. The second-order valence-electron chi connectivity index (χ2n) is 1.65. The maximum atomic E-state index is 9.76. The smallest absolute Gasteiger partial charge is 0.412 e. The van der Waals surface area contributed by atoms with E-state index in [9.17, 15) is 4.91 Å². The molecule has 0 atom stereocenters. The largest absolute Gasteiger partial charge is 0.518 e. The van der Waals surface area contributed by atoms with Crippen molar-refractivity contribution in [2.75, 3.05) is 0 Å². The van der Waals surface area contributed by atoms with Crippen LogP contribution in [0.25, 0.3) is 0 Å². The van der Waals surface area contributed by atoms with Crippen LogP contribution in [-0.4, -0.2) is 20.9 Å². The van der Waals surface area contributed by atoms with Crippen molar-refractivity contribution in [1.29, 1.82) is 0 Å². The Balaban J connectivity index is 0.000000810. The number of nitroso groups, excluding NO2 is 1. The summed E-state index contributed by atoms with van der Waals surface area (Å²) in [5, 5.41) is 0. The average Bonchev–Trinajstić information content (AvgIpc) is 1.91. The zero-order valence-corrected chi connectivity index (χ0v) is 6.47. The first-order chi connectivity index (χ1) is 4.43. The van der Waals surface area contributed by atoms with Crippen LogP contribution in [0.15, 0.2) is 34.5 Å². The molecule has 2 N–H and O–H groups in total. The molecule has 0 aliphatic carbocycles. The average molecular weight is 152 g/mol. The lowest BCUT2D eigenvalue weighted by Gasteiger charge is -1.86. The van der Waals surface area contributed by atoms with Crippen molar-refractivity contribution in [3.8, 4) is 0 Å². The summed E-state index contributed by atoms with van der Waals surface area (Å²) in [4.78, 5) is 9.76. The van der Waals surface area contributed by atoms with Gasteiger partial charge in [-0.05, 0) is 0 Å². The molecular weight excluding hydrogens is 145 g/mol. The van der Waals surface area contributed by atoms with Crippen LogP contribution in [0.1, 0.15) is 0 Å². The molecule has 3 nitrogen and oxygen atoms in total. The van der Waals surface area contributed by atoms with Crippen LogP contribution in [0, 0.1) is 4.91 Å². The van der Waals surface area contributed by atoms with Gasteiger partial charge in [0.25, 0.3) is 0 Å². The maximum Gasteiger partial charge on any atom is 0.518 e. The first-order valence-electron chi connectivity index (χ1n) is 2.64. The molecule has 0 aromatic heterocycles. The predicted octanol–water partition coefficient (Wildman–Crippen LogP) is -0.127. The molecule has 1 rings (SSSR count). The van der Waals surface area contributed by atoms with Crippen molar-refractivity contribution < 1.29 is 5.48 Å². The molecule has 0 bridgehead atoms. The van der Waals surface area contributed by atoms with Crippen molar-refractivity contribution in [3.05, 3.63) is 35.2 Å². The van der Waals surface area contributed by atoms with Crippen LogP contribution in [-0.2, 0) is 0 Å². The fourth-order valence-corrected chi connectivity index (χ4v) is 1.12. The number of hydrogen-bond donors (Lipinski definition) is 0. The SMILES string of the molecule is O.O=[N][Al][c]1ccccc1. The molecular formula is C6H7AlNO2. The van der Waals surface area contributed by atoms with Gasteiger partial charge in [-0.25, -0.2) is 4.16 Å². The van der Waals surface area contributed by atoms with Gasteiger partial charge in [0.2, 0.25) is 0 Å². The second-order valence-corrected chi connectivity index (χ2v) is 2.78. The first-order valence-corrected chi connectivity index (χ1v) is 3.73. The second kappa shape index (κ2) is 5.13. The molecule has 4 heteroatoms. The van der Waals surface area contributed by atoms with Gasteiger partial charge in [0, 0.05) is 0 Å². The summed E-state index contributed by atoms with van der Waals surface area (Å²) in [6.45, 7) is 0. The Morgan fingerprint density at radius 2 is 1.80 bits per heavy atom.